The van der Waals surface area contributed by atoms with Crippen molar-refractivity contribution in [3.63, 3.8) is 0 Å². The third-order valence-corrected chi connectivity index (χ3v) is 4.54. The molecule has 0 unspecified atom stereocenters. The van der Waals surface area contributed by atoms with E-state index in [1.54, 1.807) is 0 Å². The molecule has 0 aromatic rings. The summed E-state index contributed by atoms with van der Waals surface area (Å²) < 4.78 is 4.81. The van der Waals surface area contributed by atoms with Gasteiger partial charge in [0.05, 0.1) is 0 Å². The van der Waals surface area contributed by atoms with E-state index in [0.29, 0.717) is 0 Å². The lowest BCUT2D eigenvalue weighted by Crippen LogP contribution is -2.19. The number of esters is 1. The van der Waals surface area contributed by atoms with Gasteiger partial charge in [0.2, 0.25) is 0 Å². The van der Waals surface area contributed by atoms with Crippen LogP contribution in [0.5, 0.6) is 0 Å². The Kier molecular flexibility index (Phi) is 8.50. The Morgan fingerprint density at radius 3 is 2.42 bits per heavy atom. The summed E-state index contributed by atoms with van der Waals surface area (Å²) >= 11 is 0. The van der Waals surface area contributed by atoms with Crippen molar-refractivity contribution < 1.29 is 14.3 Å². The quantitative estimate of drug-likeness (QED) is 0.336. The van der Waals surface area contributed by atoms with E-state index >= 15 is 0 Å². The first-order chi connectivity index (χ1) is 12.1. The van der Waals surface area contributed by atoms with Crippen LogP contribution in [0.3, 0.4) is 0 Å². The van der Waals surface area contributed by atoms with Crippen molar-refractivity contribution in [1.29, 1.82) is 0 Å². The minimum atomic E-state index is -0.495. The summed E-state index contributed by atoms with van der Waals surface area (Å²) in [5.74, 6) is -0.665. The highest BCUT2D eigenvalue weighted by Crippen LogP contribution is 2.40. The molecular formula is C23H32O3. The number of allylic oxidation sites excluding steroid dienone is 9. The summed E-state index contributed by atoms with van der Waals surface area (Å²) in [5, 5.41) is 0. The fraction of sp³-hybridized carbons (Fsp3) is 0.478. The standard InChI is InChI=1S/C23H32O3/c1-17(12-13-21-19(3)11-8-14-23(21,5)6)9-7-10-18(2)15-22(25)26-16-20(4)24/h7,9-10,12-13,15H,8,11,14,16H2,1-6H3. The van der Waals surface area contributed by atoms with Crippen molar-refractivity contribution in [3.05, 3.63) is 58.7 Å². The zero-order valence-electron chi connectivity index (χ0n) is 17.0. The summed E-state index contributed by atoms with van der Waals surface area (Å²) in [7, 11) is 0. The molecule has 0 heterocycles. The fourth-order valence-electron chi connectivity index (χ4n) is 3.08. The van der Waals surface area contributed by atoms with Gasteiger partial charge in [0.1, 0.15) is 6.61 Å². The maximum Gasteiger partial charge on any atom is 0.331 e. The smallest absolute Gasteiger partial charge is 0.331 e. The molecule has 3 heteroatoms. The number of carbonyl (C=O) groups is 2. The second-order valence-electron chi connectivity index (χ2n) is 7.73. The molecular weight excluding hydrogens is 324 g/mol. The predicted octanol–water partition coefficient (Wildman–Crippen LogP) is 5.65. The van der Waals surface area contributed by atoms with E-state index in [2.05, 4.69) is 39.8 Å². The molecule has 0 atom stereocenters. The molecule has 0 spiro atoms. The summed E-state index contributed by atoms with van der Waals surface area (Å²) in [6, 6.07) is 0. The van der Waals surface area contributed by atoms with Crippen molar-refractivity contribution >= 4 is 11.8 Å². The minimum Gasteiger partial charge on any atom is -0.455 e. The largest absolute Gasteiger partial charge is 0.455 e. The van der Waals surface area contributed by atoms with E-state index in [1.165, 1.54) is 43.4 Å². The van der Waals surface area contributed by atoms with Gasteiger partial charge in [-0.1, -0.05) is 55.4 Å². The van der Waals surface area contributed by atoms with Gasteiger partial charge in [-0.15, -0.1) is 0 Å². The van der Waals surface area contributed by atoms with E-state index in [1.807, 2.05) is 25.2 Å². The second kappa shape index (κ2) is 10.1. The van der Waals surface area contributed by atoms with Crippen LogP contribution in [0.1, 0.15) is 60.8 Å². The van der Waals surface area contributed by atoms with Crippen LogP contribution >= 0.6 is 0 Å². The van der Waals surface area contributed by atoms with Gasteiger partial charge in [0.15, 0.2) is 5.78 Å². The number of hydrogen-bond acceptors (Lipinski definition) is 3. The number of ketones is 1. The van der Waals surface area contributed by atoms with Gasteiger partial charge >= 0.3 is 5.97 Å². The molecule has 0 fully saturated rings. The van der Waals surface area contributed by atoms with Gasteiger partial charge in [0, 0.05) is 6.08 Å². The highest BCUT2D eigenvalue weighted by atomic mass is 16.5. The molecule has 0 saturated carbocycles. The van der Waals surface area contributed by atoms with Crippen LogP contribution in [0.4, 0.5) is 0 Å². The van der Waals surface area contributed by atoms with Crippen molar-refractivity contribution in [2.45, 2.75) is 60.8 Å². The SMILES string of the molecule is CC(=O)COC(=O)C=C(C)C=CC=C(C)C=CC1=C(C)CCCC1(C)C. The van der Waals surface area contributed by atoms with E-state index in [-0.39, 0.29) is 17.8 Å². The van der Waals surface area contributed by atoms with Crippen molar-refractivity contribution in [2.24, 2.45) is 5.41 Å². The van der Waals surface area contributed by atoms with Gasteiger partial charge in [-0.05, 0) is 63.5 Å². The summed E-state index contributed by atoms with van der Waals surface area (Å²) in [6.45, 7) is 12.0. The van der Waals surface area contributed by atoms with Gasteiger partial charge in [0.25, 0.3) is 0 Å². The molecule has 0 aromatic heterocycles. The lowest BCUT2D eigenvalue weighted by molar-refractivity contribution is -0.142. The zero-order chi connectivity index (χ0) is 19.7. The molecule has 0 saturated heterocycles. The van der Waals surface area contributed by atoms with Gasteiger partial charge in [-0.3, -0.25) is 4.79 Å². The molecule has 3 nitrogen and oxygen atoms in total. The van der Waals surface area contributed by atoms with Gasteiger partial charge < -0.3 is 4.74 Å². The molecule has 0 aromatic carbocycles. The number of rotatable bonds is 7. The molecule has 26 heavy (non-hydrogen) atoms. The number of Topliss-reactive ketones (excluding diaryl/α,β-unsaturated/α-hetero) is 1. The normalized spacial score (nSPS) is 18.7. The first-order valence-electron chi connectivity index (χ1n) is 9.19. The van der Waals surface area contributed by atoms with Crippen molar-refractivity contribution in [3.8, 4) is 0 Å². The van der Waals surface area contributed by atoms with Crippen molar-refractivity contribution in [1.82, 2.24) is 0 Å². The third kappa shape index (κ3) is 7.81. The number of hydrogen-bond donors (Lipinski definition) is 0. The number of carbonyl (C=O) groups excluding carboxylic acids is 2. The van der Waals surface area contributed by atoms with E-state index in [9.17, 15) is 9.59 Å². The first-order valence-corrected chi connectivity index (χ1v) is 9.19. The molecule has 142 valence electrons. The van der Waals surface area contributed by atoms with Crippen molar-refractivity contribution in [2.75, 3.05) is 6.61 Å². The Labute approximate surface area is 158 Å². The molecule has 0 N–H and O–H groups in total. The number of ether oxygens (including phenoxy) is 1. The monoisotopic (exact) mass is 356 g/mol. The molecule has 0 amide bonds. The highest BCUT2D eigenvalue weighted by molar-refractivity contribution is 5.86. The maximum absolute atomic E-state index is 11.5. The Bertz CT molecular complexity index is 682. The molecule has 0 aliphatic heterocycles. The van der Waals surface area contributed by atoms with Crippen LogP contribution in [0.25, 0.3) is 0 Å². The van der Waals surface area contributed by atoms with Crippen LogP contribution in [0, 0.1) is 5.41 Å². The molecule has 1 rings (SSSR count). The van der Waals surface area contributed by atoms with E-state index < -0.39 is 5.97 Å². The van der Waals surface area contributed by atoms with Crippen LogP contribution in [0.15, 0.2) is 58.7 Å². The lowest BCUT2D eigenvalue weighted by atomic mass is 9.72. The summed E-state index contributed by atoms with van der Waals surface area (Å²) in [4.78, 5) is 22.3. The zero-order valence-corrected chi connectivity index (χ0v) is 17.0. The first kappa shape index (κ1) is 21.9. The Morgan fingerprint density at radius 1 is 1.12 bits per heavy atom. The molecule has 1 aliphatic rings. The Balaban J connectivity index is 2.69. The molecule has 0 bridgehead atoms. The second-order valence-corrected chi connectivity index (χ2v) is 7.73. The average molecular weight is 357 g/mol. The van der Waals surface area contributed by atoms with Gasteiger partial charge in [-0.2, -0.15) is 0 Å². The fourth-order valence-corrected chi connectivity index (χ4v) is 3.08. The maximum atomic E-state index is 11.5. The molecule has 0 radical (unpaired) electrons. The van der Waals surface area contributed by atoms with Crippen LogP contribution in [-0.2, 0) is 14.3 Å². The Morgan fingerprint density at radius 2 is 1.81 bits per heavy atom. The Hall–Kier alpha value is -2.16. The molecule has 1 aliphatic carbocycles. The summed E-state index contributed by atoms with van der Waals surface area (Å²) in [5.41, 5.74) is 5.11. The average Bonchev–Trinajstić information content (AvgIpc) is 2.51. The van der Waals surface area contributed by atoms with E-state index in [4.69, 9.17) is 4.74 Å². The highest BCUT2D eigenvalue weighted by Gasteiger charge is 2.26. The third-order valence-electron chi connectivity index (χ3n) is 4.54. The van der Waals surface area contributed by atoms with E-state index in [0.717, 1.165) is 11.1 Å². The summed E-state index contributed by atoms with van der Waals surface area (Å²) in [6.07, 6.45) is 15.3. The van der Waals surface area contributed by atoms with Crippen LogP contribution in [-0.4, -0.2) is 18.4 Å². The van der Waals surface area contributed by atoms with Gasteiger partial charge in [-0.25, -0.2) is 4.79 Å². The lowest BCUT2D eigenvalue weighted by Gasteiger charge is -2.32. The minimum absolute atomic E-state index is 0.170. The van der Waals surface area contributed by atoms with Crippen LogP contribution < -0.4 is 0 Å². The predicted molar refractivity (Wildman–Crippen MR) is 108 cm³/mol. The topological polar surface area (TPSA) is 43.4 Å². The van der Waals surface area contributed by atoms with Crippen LogP contribution in [0.2, 0.25) is 0 Å².